The lowest BCUT2D eigenvalue weighted by molar-refractivity contribution is -0.131. The van der Waals surface area contributed by atoms with Crippen LogP contribution in [-0.4, -0.2) is 27.9 Å². The van der Waals surface area contributed by atoms with Crippen molar-refractivity contribution in [3.63, 3.8) is 0 Å². The first-order valence-electron chi connectivity index (χ1n) is 7.57. The van der Waals surface area contributed by atoms with Crippen molar-refractivity contribution < 1.29 is 20.1 Å². The highest BCUT2D eigenvalue weighted by molar-refractivity contribution is 5.85. The number of rotatable bonds is 8. The van der Waals surface area contributed by atoms with E-state index in [4.69, 9.17) is 5.11 Å². The van der Waals surface area contributed by atoms with E-state index in [1.807, 2.05) is 19.9 Å². The van der Waals surface area contributed by atoms with Gasteiger partial charge in [-0.25, -0.2) is 4.79 Å². The standard InChI is InChI=1S/C19H24O4/c1-14(2)4-3-5-16(13-20)6-9-17-12-15(7-10-18(17)21)8-11-19(22)23/h4,6-8,10-12,20-21H,3,5,9,13H2,1-2H3,(H,22,23). The van der Waals surface area contributed by atoms with Gasteiger partial charge in [0.1, 0.15) is 5.75 Å². The lowest BCUT2D eigenvalue weighted by Crippen LogP contribution is -1.93. The zero-order valence-electron chi connectivity index (χ0n) is 13.6. The summed E-state index contributed by atoms with van der Waals surface area (Å²) < 4.78 is 0. The van der Waals surface area contributed by atoms with Gasteiger partial charge >= 0.3 is 5.97 Å². The van der Waals surface area contributed by atoms with Crippen molar-refractivity contribution in [2.24, 2.45) is 0 Å². The summed E-state index contributed by atoms with van der Waals surface area (Å²) in [6, 6.07) is 4.95. The number of aliphatic hydroxyl groups is 1. The first-order chi connectivity index (χ1) is 10.9. The summed E-state index contributed by atoms with van der Waals surface area (Å²) in [7, 11) is 0. The molecule has 0 saturated carbocycles. The van der Waals surface area contributed by atoms with Crippen LogP contribution in [0.4, 0.5) is 0 Å². The molecule has 1 aromatic rings. The molecule has 0 unspecified atom stereocenters. The van der Waals surface area contributed by atoms with E-state index in [-0.39, 0.29) is 12.4 Å². The zero-order valence-corrected chi connectivity index (χ0v) is 13.6. The second kappa shape index (κ2) is 9.64. The maximum atomic E-state index is 10.5. The second-order valence-corrected chi connectivity index (χ2v) is 5.60. The molecule has 0 spiro atoms. The minimum absolute atomic E-state index is 0.00400. The maximum Gasteiger partial charge on any atom is 0.328 e. The van der Waals surface area contributed by atoms with Crippen molar-refractivity contribution in [1.82, 2.24) is 0 Å². The summed E-state index contributed by atoms with van der Waals surface area (Å²) in [4.78, 5) is 10.5. The molecule has 0 fully saturated rings. The van der Waals surface area contributed by atoms with E-state index in [9.17, 15) is 15.0 Å². The number of allylic oxidation sites excluding steroid dienone is 3. The van der Waals surface area contributed by atoms with Crippen LogP contribution in [0.15, 0.2) is 47.6 Å². The highest BCUT2D eigenvalue weighted by atomic mass is 16.4. The lowest BCUT2D eigenvalue weighted by atomic mass is 10.0. The van der Waals surface area contributed by atoms with Crippen LogP contribution in [0, 0.1) is 0 Å². The van der Waals surface area contributed by atoms with Crippen LogP contribution in [0.1, 0.15) is 37.8 Å². The van der Waals surface area contributed by atoms with Gasteiger partial charge in [-0.2, -0.15) is 0 Å². The predicted molar refractivity (Wildman–Crippen MR) is 92.3 cm³/mol. The normalized spacial score (nSPS) is 11.7. The van der Waals surface area contributed by atoms with Crippen molar-refractivity contribution >= 4 is 12.0 Å². The van der Waals surface area contributed by atoms with E-state index in [2.05, 4.69) is 6.08 Å². The summed E-state index contributed by atoms with van der Waals surface area (Å²) in [6.07, 6.45) is 8.73. The van der Waals surface area contributed by atoms with E-state index in [0.717, 1.165) is 24.5 Å². The fraction of sp³-hybridized carbons (Fsp3) is 0.316. The number of carboxylic acids is 1. The fourth-order valence-electron chi connectivity index (χ4n) is 2.09. The Labute approximate surface area is 137 Å². The smallest absolute Gasteiger partial charge is 0.328 e. The number of carboxylic acid groups (broad SMARTS) is 1. The molecule has 0 amide bonds. The number of phenols is 1. The predicted octanol–water partition coefficient (Wildman–Crippen LogP) is 3.70. The second-order valence-electron chi connectivity index (χ2n) is 5.60. The van der Waals surface area contributed by atoms with E-state index >= 15 is 0 Å². The number of carbonyl (C=O) groups is 1. The first kappa shape index (κ1) is 18.7. The topological polar surface area (TPSA) is 77.8 Å². The number of hydrogen-bond donors (Lipinski definition) is 3. The molecule has 0 bridgehead atoms. The molecule has 0 aromatic heterocycles. The van der Waals surface area contributed by atoms with Gasteiger partial charge in [0.2, 0.25) is 0 Å². The van der Waals surface area contributed by atoms with E-state index in [1.54, 1.807) is 18.2 Å². The van der Waals surface area contributed by atoms with Crippen molar-refractivity contribution in [3.8, 4) is 5.75 Å². The quantitative estimate of drug-likeness (QED) is 0.505. The fourth-order valence-corrected chi connectivity index (χ4v) is 2.09. The SMILES string of the molecule is CC(C)=CCCC(=CCc1cc(C=CC(=O)O)ccc1O)CO. The molecule has 3 N–H and O–H groups in total. The molecular formula is C19H24O4. The summed E-state index contributed by atoms with van der Waals surface area (Å²) in [6.45, 7) is 4.07. The Morgan fingerprint density at radius 3 is 2.57 bits per heavy atom. The number of aromatic hydroxyl groups is 1. The van der Waals surface area contributed by atoms with Crippen LogP contribution < -0.4 is 0 Å². The van der Waals surface area contributed by atoms with Gasteiger partial charge in [0, 0.05) is 6.08 Å². The zero-order chi connectivity index (χ0) is 17.2. The van der Waals surface area contributed by atoms with Crippen molar-refractivity contribution in [2.45, 2.75) is 33.1 Å². The van der Waals surface area contributed by atoms with Gasteiger partial charge in [-0.3, -0.25) is 0 Å². The lowest BCUT2D eigenvalue weighted by Gasteiger charge is -2.06. The summed E-state index contributed by atoms with van der Waals surface area (Å²) in [5, 5.41) is 28.0. The summed E-state index contributed by atoms with van der Waals surface area (Å²) in [5.74, 6) is -0.850. The molecular weight excluding hydrogens is 292 g/mol. The molecule has 0 saturated heterocycles. The van der Waals surface area contributed by atoms with Gasteiger partial charge in [0.15, 0.2) is 0 Å². The number of aliphatic hydroxyl groups excluding tert-OH is 1. The molecule has 1 aromatic carbocycles. The molecule has 23 heavy (non-hydrogen) atoms. The van der Waals surface area contributed by atoms with Gasteiger partial charge < -0.3 is 15.3 Å². The molecule has 4 nitrogen and oxygen atoms in total. The molecule has 0 radical (unpaired) electrons. The van der Waals surface area contributed by atoms with Gasteiger partial charge in [0.25, 0.3) is 0 Å². The van der Waals surface area contributed by atoms with Crippen molar-refractivity contribution in [1.29, 1.82) is 0 Å². The monoisotopic (exact) mass is 316 g/mol. The highest BCUT2D eigenvalue weighted by Crippen LogP contribution is 2.21. The van der Waals surface area contributed by atoms with Gasteiger partial charge in [0.05, 0.1) is 6.61 Å². The Kier molecular flexibility index (Phi) is 7.84. The Hall–Kier alpha value is -2.33. The third kappa shape index (κ3) is 7.47. The molecule has 0 atom stereocenters. The third-order valence-electron chi connectivity index (χ3n) is 3.35. The van der Waals surface area contributed by atoms with Crippen LogP contribution in [0.25, 0.3) is 6.08 Å². The van der Waals surface area contributed by atoms with Crippen LogP contribution in [0.2, 0.25) is 0 Å². The summed E-state index contributed by atoms with van der Waals surface area (Å²) >= 11 is 0. The Bertz CT molecular complexity index is 620. The van der Waals surface area contributed by atoms with Crippen molar-refractivity contribution in [3.05, 3.63) is 58.7 Å². The molecule has 124 valence electrons. The third-order valence-corrected chi connectivity index (χ3v) is 3.35. The average molecular weight is 316 g/mol. The Morgan fingerprint density at radius 1 is 1.22 bits per heavy atom. The minimum Gasteiger partial charge on any atom is -0.508 e. The molecule has 0 aliphatic heterocycles. The van der Waals surface area contributed by atoms with Crippen LogP contribution >= 0.6 is 0 Å². The Balaban J connectivity index is 2.81. The highest BCUT2D eigenvalue weighted by Gasteiger charge is 2.02. The van der Waals surface area contributed by atoms with Crippen LogP contribution in [0.3, 0.4) is 0 Å². The molecule has 0 aliphatic rings. The van der Waals surface area contributed by atoms with Crippen LogP contribution in [-0.2, 0) is 11.2 Å². The Morgan fingerprint density at radius 2 is 1.96 bits per heavy atom. The maximum absolute atomic E-state index is 10.5. The molecule has 0 aliphatic carbocycles. The molecule has 1 rings (SSSR count). The van der Waals surface area contributed by atoms with E-state index in [0.29, 0.717) is 17.5 Å². The largest absolute Gasteiger partial charge is 0.508 e. The number of hydrogen-bond acceptors (Lipinski definition) is 3. The molecule has 0 heterocycles. The number of aliphatic carboxylic acids is 1. The number of phenolic OH excluding ortho intramolecular Hbond substituents is 1. The molecule has 4 heteroatoms. The van der Waals surface area contributed by atoms with Crippen LogP contribution in [0.5, 0.6) is 5.75 Å². The number of benzene rings is 1. The van der Waals surface area contributed by atoms with Gasteiger partial charge in [-0.1, -0.05) is 23.8 Å². The van der Waals surface area contributed by atoms with E-state index in [1.165, 1.54) is 11.6 Å². The first-order valence-corrected chi connectivity index (χ1v) is 7.57. The summed E-state index contributed by atoms with van der Waals surface area (Å²) in [5.41, 5.74) is 3.58. The van der Waals surface area contributed by atoms with Gasteiger partial charge in [-0.15, -0.1) is 0 Å². The average Bonchev–Trinajstić information content (AvgIpc) is 2.50. The minimum atomic E-state index is -1.01. The van der Waals surface area contributed by atoms with E-state index < -0.39 is 5.97 Å². The van der Waals surface area contributed by atoms with Crippen molar-refractivity contribution in [2.75, 3.05) is 6.61 Å². The van der Waals surface area contributed by atoms with Gasteiger partial charge in [-0.05, 0) is 68.0 Å².